The topological polar surface area (TPSA) is 98.7 Å². The number of hydrogen-bond donors (Lipinski definition) is 3. The summed E-state index contributed by atoms with van der Waals surface area (Å²) in [6.07, 6.45) is 2.46. The van der Waals surface area contributed by atoms with Gasteiger partial charge >= 0.3 is 12.0 Å². The number of carboxylic acids is 1. The SMILES string of the molecule is Cc1ccc(NC(=O)NC(=O)C(C)N2C[C@@H]3CCC[C@@]3(C(=O)O)C2)c(C)c1.Cl. The fraction of sp³-hybridized carbons (Fsp3) is 0.550. The minimum Gasteiger partial charge on any atom is -0.481 e. The average Bonchev–Trinajstić information content (AvgIpc) is 3.15. The van der Waals surface area contributed by atoms with Crippen molar-refractivity contribution in [2.24, 2.45) is 11.3 Å². The lowest BCUT2D eigenvalue weighted by atomic mass is 9.81. The van der Waals surface area contributed by atoms with Crippen LogP contribution in [0.3, 0.4) is 0 Å². The molecular formula is C20H28ClN3O4. The number of aryl methyl sites for hydroxylation is 2. The van der Waals surface area contributed by atoms with Crippen LogP contribution in [0.5, 0.6) is 0 Å². The minimum absolute atomic E-state index is 0. The van der Waals surface area contributed by atoms with E-state index in [9.17, 15) is 19.5 Å². The van der Waals surface area contributed by atoms with Gasteiger partial charge in [-0.2, -0.15) is 0 Å². The van der Waals surface area contributed by atoms with E-state index < -0.39 is 29.4 Å². The molecule has 0 bridgehead atoms. The number of imide groups is 1. The van der Waals surface area contributed by atoms with Crippen molar-refractivity contribution in [2.45, 2.75) is 46.1 Å². The number of carbonyl (C=O) groups is 3. The van der Waals surface area contributed by atoms with Gasteiger partial charge in [-0.05, 0) is 51.2 Å². The first kappa shape index (κ1) is 22.2. The summed E-state index contributed by atoms with van der Waals surface area (Å²) in [7, 11) is 0. The van der Waals surface area contributed by atoms with E-state index in [0.29, 0.717) is 25.2 Å². The lowest BCUT2D eigenvalue weighted by molar-refractivity contribution is -0.149. The third-order valence-corrected chi connectivity index (χ3v) is 6.12. The highest BCUT2D eigenvalue weighted by molar-refractivity contribution is 6.03. The number of carbonyl (C=O) groups excluding carboxylic acids is 2. The summed E-state index contributed by atoms with van der Waals surface area (Å²) in [5, 5.41) is 14.7. The van der Waals surface area contributed by atoms with E-state index in [2.05, 4.69) is 10.6 Å². The molecule has 3 atom stereocenters. The number of halogens is 1. The number of nitrogens with zero attached hydrogens (tertiary/aromatic N) is 1. The summed E-state index contributed by atoms with van der Waals surface area (Å²) in [5.41, 5.74) is 1.92. The van der Waals surface area contributed by atoms with Crippen molar-refractivity contribution in [1.82, 2.24) is 10.2 Å². The molecule has 154 valence electrons. The van der Waals surface area contributed by atoms with Crippen LogP contribution < -0.4 is 10.6 Å². The van der Waals surface area contributed by atoms with Crippen molar-refractivity contribution in [3.05, 3.63) is 29.3 Å². The van der Waals surface area contributed by atoms with Crippen molar-refractivity contribution in [3.8, 4) is 0 Å². The molecule has 2 fully saturated rings. The quantitative estimate of drug-likeness (QED) is 0.710. The second-order valence-corrected chi connectivity index (χ2v) is 7.92. The van der Waals surface area contributed by atoms with Gasteiger partial charge < -0.3 is 10.4 Å². The summed E-state index contributed by atoms with van der Waals surface area (Å²) < 4.78 is 0. The summed E-state index contributed by atoms with van der Waals surface area (Å²) in [6, 6.07) is 4.51. The van der Waals surface area contributed by atoms with Gasteiger partial charge in [0.25, 0.3) is 0 Å². The smallest absolute Gasteiger partial charge is 0.325 e. The third-order valence-electron chi connectivity index (χ3n) is 6.12. The molecule has 3 rings (SSSR count). The lowest BCUT2D eigenvalue weighted by Crippen LogP contribution is -2.48. The number of hydrogen-bond acceptors (Lipinski definition) is 4. The molecular weight excluding hydrogens is 382 g/mol. The van der Waals surface area contributed by atoms with Gasteiger partial charge in [-0.15, -0.1) is 12.4 Å². The van der Waals surface area contributed by atoms with Gasteiger partial charge in [-0.1, -0.05) is 24.1 Å². The van der Waals surface area contributed by atoms with Crippen molar-refractivity contribution in [2.75, 3.05) is 18.4 Å². The van der Waals surface area contributed by atoms with Crippen molar-refractivity contribution >= 4 is 36.0 Å². The third kappa shape index (κ3) is 4.15. The van der Waals surface area contributed by atoms with E-state index in [1.807, 2.05) is 30.9 Å². The Morgan fingerprint density at radius 1 is 1.29 bits per heavy atom. The number of anilines is 1. The first-order valence-corrected chi connectivity index (χ1v) is 9.39. The van der Waals surface area contributed by atoms with Crippen LogP contribution in [-0.4, -0.2) is 47.0 Å². The average molecular weight is 410 g/mol. The number of aliphatic carboxylic acids is 1. The number of carboxylic acid groups (broad SMARTS) is 1. The van der Waals surface area contributed by atoms with Crippen LogP contribution in [0.4, 0.5) is 10.5 Å². The molecule has 8 heteroatoms. The Bertz CT molecular complexity index is 785. The Hall–Kier alpha value is -2.12. The standard InChI is InChI=1S/C20H27N3O4.ClH/c1-12-6-7-16(13(2)9-12)21-19(27)22-17(24)14(3)23-10-15-5-4-8-20(15,11-23)18(25)26;/h6-7,9,14-15H,4-5,8,10-11H2,1-3H3,(H,25,26)(H2,21,22,24,27);1H/t14?,15-,20+;/m0./s1. The second-order valence-electron chi connectivity index (χ2n) is 7.92. The molecule has 1 saturated heterocycles. The van der Waals surface area contributed by atoms with Gasteiger partial charge in [-0.25, -0.2) is 4.79 Å². The Morgan fingerprint density at radius 2 is 2.00 bits per heavy atom. The highest BCUT2D eigenvalue weighted by atomic mass is 35.5. The predicted octanol–water partition coefficient (Wildman–Crippen LogP) is 2.95. The Balaban J connectivity index is 0.00000280. The fourth-order valence-electron chi connectivity index (χ4n) is 4.46. The van der Waals surface area contributed by atoms with Gasteiger partial charge in [-0.3, -0.25) is 19.8 Å². The van der Waals surface area contributed by atoms with Crippen molar-refractivity contribution in [1.29, 1.82) is 0 Å². The molecule has 3 N–H and O–H groups in total. The minimum atomic E-state index is -0.771. The van der Waals surface area contributed by atoms with Gasteiger partial charge in [0.15, 0.2) is 0 Å². The molecule has 1 aromatic rings. The maximum Gasteiger partial charge on any atom is 0.325 e. The van der Waals surface area contributed by atoms with E-state index in [0.717, 1.165) is 24.0 Å². The number of likely N-dealkylation sites (tertiary alicyclic amines) is 1. The molecule has 28 heavy (non-hydrogen) atoms. The van der Waals surface area contributed by atoms with Crippen LogP contribution in [0.2, 0.25) is 0 Å². The first-order chi connectivity index (χ1) is 12.7. The molecule has 1 heterocycles. The molecule has 1 unspecified atom stereocenters. The largest absolute Gasteiger partial charge is 0.481 e. The second kappa shape index (κ2) is 8.49. The van der Waals surface area contributed by atoms with Gasteiger partial charge in [0.1, 0.15) is 0 Å². The summed E-state index contributed by atoms with van der Waals surface area (Å²) in [4.78, 5) is 38.4. The first-order valence-electron chi connectivity index (χ1n) is 9.39. The number of fused-ring (bicyclic) bond motifs is 1. The zero-order chi connectivity index (χ0) is 19.8. The van der Waals surface area contributed by atoms with Gasteiger partial charge in [0.05, 0.1) is 11.5 Å². The lowest BCUT2D eigenvalue weighted by Gasteiger charge is -2.26. The number of urea groups is 1. The van der Waals surface area contributed by atoms with Crippen LogP contribution in [0.25, 0.3) is 0 Å². The number of amides is 3. The maximum atomic E-state index is 12.5. The van der Waals surface area contributed by atoms with Gasteiger partial charge in [0, 0.05) is 18.8 Å². The van der Waals surface area contributed by atoms with Gasteiger partial charge in [0.2, 0.25) is 5.91 Å². The van der Waals surface area contributed by atoms with Crippen molar-refractivity contribution in [3.63, 3.8) is 0 Å². The zero-order valence-corrected chi connectivity index (χ0v) is 17.3. The van der Waals surface area contributed by atoms with E-state index in [4.69, 9.17) is 0 Å². The Labute approximate surface area is 171 Å². The van der Waals surface area contributed by atoms with Crippen LogP contribution >= 0.6 is 12.4 Å². The molecule has 3 amide bonds. The summed E-state index contributed by atoms with van der Waals surface area (Å²) in [6.45, 7) is 6.52. The van der Waals surface area contributed by atoms with Crippen LogP contribution in [-0.2, 0) is 9.59 Å². The normalized spacial score (nSPS) is 24.8. The number of benzene rings is 1. The predicted molar refractivity (Wildman–Crippen MR) is 109 cm³/mol. The molecule has 2 aliphatic rings. The van der Waals surface area contributed by atoms with Crippen LogP contribution in [0.15, 0.2) is 18.2 Å². The van der Waals surface area contributed by atoms with Crippen LogP contribution in [0, 0.1) is 25.2 Å². The number of rotatable bonds is 4. The summed E-state index contributed by atoms with van der Waals surface area (Å²) in [5.74, 6) is -1.11. The molecule has 0 radical (unpaired) electrons. The van der Waals surface area contributed by atoms with E-state index in [1.54, 1.807) is 13.0 Å². The molecule has 1 aliphatic heterocycles. The Kier molecular flexibility index (Phi) is 6.72. The van der Waals surface area contributed by atoms with E-state index >= 15 is 0 Å². The van der Waals surface area contributed by atoms with E-state index in [1.165, 1.54) is 0 Å². The fourth-order valence-corrected chi connectivity index (χ4v) is 4.46. The highest BCUT2D eigenvalue weighted by Crippen LogP contribution is 2.49. The molecule has 1 saturated carbocycles. The molecule has 0 aromatic heterocycles. The van der Waals surface area contributed by atoms with E-state index in [-0.39, 0.29) is 18.3 Å². The monoisotopic (exact) mass is 409 g/mol. The van der Waals surface area contributed by atoms with Crippen LogP contribution in [0.1, 0.15) is 37.3 Å². The molecule has 0 spiro atoms. The molecule has 1 aromatic carbocycles. The summed E-state index contributed by atoms with van der Waals surface area (Å²) >= 11 is 0. The zero-order valence-electron chi connectivity index (χ0n) is 16.4. The van der Waals surface area contributed by atoms with Crippen molar-refractivity contribution < 1.29 is 19.5 Å². The highest BCUT2D eigenvalue weighted by Gasteiger charge is 2.55. The Morgan fingerprint density at radius 3 is 2.61 bits per heavy atom. The molecule has 7 nitrogen and oxygen atoms in total. The maximum absolute atomic E-state index is 12.5. The number of nitrogens with one attached hydrogen (secondary N) is 2. The molecule has 1 aliphatic carbocycles.